The summed E-state index contributed by atoms with van der Waals surface area (Å²) in [6.45, 7) is 0.256. The van der Waals surface area contributed by atoms with Crippen molar-refractivity contribution in [3.05, 3.63) is 58.9 Å². The Bertz CT molecular complexity index is 901. The molecule has 7 heteroatoms. The molecular weight excluding hydrogens is 322 g/mol. The van der Waals surface area contributed by atoms with Crippen LogP contribution in [0.1, 0.15) is 44.8 Å². The van der Waals surface area contributed by atoms with E-state index in [-0.39, 0.29) is 30.6 Å². The number of ketones is 1. The summed E-state index contributed by atoms with van der Waals surface area (Å²) in [6, 6.07) is 7.72. The van der Waals surface area contributed by atoms with Crippen LogP contribution in [0.25, 0.3) is 0 Å². The molecule has 25 heavy (non-hydrogen) atoms. The third kappa shape index (κ3) is 2.53. The maximum atomic E-state index is 12.6. The van der Waals surface area contributed by atoms with Crippen LogP contribution in [-0.4, -0.2) is 39.4 Å². The molecule has 1 atom stereocenters. The van der Waals surface area contributed by atoms with Gasteiger partial charge >= 0.3 is 0 Å². The van der Waals surface area contributed by atoms with Crippen molar-refractivity contribution in [3.63, 3.8) is 0 Å². The largest absolute Gasteiger partial charge is 0.359 e. The number of aromatic amines is 1. The standard InChI is InChI=1S/C18H15N3O4/c22-15-6-5-14(17(24)20-15)21-9-11-8-10(3-4-12(11)18(21)25)16(23)13-2-1-7-19-13/h1-4,7-8,14,19H,5-6,9H2,(H,20,22,24). The second kappa shape index (κ2) is 5.70. The van der Waals surface area contributed by atoms with Crippen molar-refractivity contribution in [3.8, 4) is 0 Å². The van der Waals surface area contributed by atoms with Crippen molar-refractivity contribution in [2.75, 3.05) is 0 Å². The van der Waals surface area contributed by atoms with Gasteiger partial charge in [0.15, 0.2) is 0 Å². The highest BCUT2D eigenvalue weighted by atomic mass is 16.2. The molecule has 1 unspecified atom stereocenters. The van der Waals surface area contributed by atoms with Crippen molar-refractivity contribution < 1.29 is 19.2 Å². The fourth-order valence-electron chi connectivity index (χ4n) is 3.34. The lowest BCUT2D eigenvalue weighted by atomic mass is 10.0. The number of carbonyl (C=O) groups excluding carboxylic acids is 4. The predicted molar refractivity (Wildman–Crippen MR) is 86.7 cm³/mol. The van der Waals surface area contributed by atoms with Crippen molar-refractivity contribution >= 4 is 23.5 Å². The van der Waals surface area contributed by atoms with E-state index in [4.69, 9.17) is 0 Å². The van der Waals surface area contributed by atoms with Crippen LogP contribution in [0.15, 0.2) is 36.5 Å². The predicted octanol–water partition coefficient (Wildman–Crippen LogP) is 1.01. The molecule has 0 aliphatic carbocycles. The summed E-state index contributed by atoms with van der Waals surface area (Å²) in [5.41, 5.74) is 2.17. The van der Waals surface area contributed by atoms with E-state index in [1.807, 2.05) is 0 Å². The number of fused-ring (bicyclic) bond motifs is 1. The van der Waals surface area contributed by atoms with Crippen LogP contribution in [-0.2, 0) is 16.1 Å². The Balaban J connectivity index is 1.60. The van der Waals surface area contributed by atoms with E-state index in [9.17, 15) is 19.2 Å². The second-order valence-corrected chi connectivity index (χ2v) is 6.18. The van der Waals surface area contributed by atoms with E-state index in [2.05, 4.69) is 10.3 Å². The van der Waals surface area contributed by atoms with E-state index in [1.165, 1.54) is 4.90 Å². The van der Waals surface area contributed by atoms with Crippen LogP contribution in [0, 0.1) is 0 Å². The van der Waals surface area contributed by atoms with Gasteiger partial charge in [0.1, 0.15) is 6.04 Å². The molecule has 0 spiro atoms. The van der Waals surface area contributed by atoms with E-state index in [0.29, 0.717) is 28.8 Å². The lowest BCUT2D eigenvalue weighted by Gasteiger charge is -2.29. The third-order valence-corrected chi connectivity index (χ3v) is 4.63. The molecule has 3 amide bonds. The highest BCUT2D eigenvalue weighted by Gasteiger charge is 2.39. The molecular formula is C18H15N3O4. The zero-order valence-corrected chi connectivity index (χ0v) is 13.2. The normalized spacial score (nSPS) is 19.8. The minimum Gasteiger partial charge on any atom is -0.359 e. The molecule has 4 rings (SSSR count). The molecule has 0 saturated carbocycles. The Morgan fingerprint density at radius 3 is 2.72 bits per heavy atom. The van der Waals surface area contributed by atoms with E-state index in [1.54, 1.807) is 36.5 Å². The average Bonchev–Trinajstić information content (AvgIpc) is 3.23. The fraction of sp³-hybridized carbons (Fsp3) is 0.222. The number of piperidine rings is 1. The zero-order valence-electron chi connectivity index (χ0n) is 13.2. The number of nitrogens with one attached hydrogen (secondary N) is 2. The van der Waals surface area contributed by atoms with Crippen LogP contribution in [0.3, 0.4) is 0 Å². The first-order chi connectivity index (χ1) is 12.0. The maximum absolute atomic E-state index is 12.6. The Morgan fingerprint density at radius 1 is 1.16 bits per heavy atom. The molecule has 2 aromatic rings. The molecule has 3 heterocycles. The van der Waals surface area contributed by atoms with Gasteiger partial charge in [0.25, 0.3) is 5.91 Å². The summed E-state index contributed by atoms with van der Waals surface area (Å²) in [6.07, 6.45) is 2.21. The molecule has 0 bridgehead atoms. The Hall–Kier alpha value is -3.22. The van der Waals surface area contributed by atoms with Crippen LogP contribution >= 0.6 is 0 Å². The number of nitrogens with zero attached hydrogens (tertiary/aromatic N) is 1. The molecule has 2 aliphatic rings. The van der Waals surface area contributed by atoms with Gasteiger partial charge in [-0.1, -0.05) is 6.07 Å². The average molecular weight is 337 g/mol. The summed E-state index contributed by atoms with van der Waals surface area (Å²) in [5, 5.41) is 2.27. The number of hydrogen-bond donors (Lipinski definition) is 2. The minimum atomic E-state index is -0.653. The molecule has 2 aliphatic heterocycles. The first-order valence-corrected chi connectivity index (χ1v) is 8.00. The topological polar surface area (TPSA) is 99.3 Å². The first-order valence-electron chi connectivity index (χ1n) is 8.00. The molecule has 1 fully saturated rings. The van der Waals surface area contributed by atoms with Crippen molar-refractivity contribution in [2.24, 2.45) is 0 Å². The number of aromatic nitrogens is 1. The summed E-state index contributed by atoms with van der Waals surface area (Å²) in [4.78, 5) is 52.7. The highest BCUT2D eigenvalue weighted by molar-refractivity contribution is 6.09. The van der Waals surface area contributed by atoms with Gasteiger partial charge < -0.3 is 9.88 Å². The van der Waals surface area contributed by atoms with Gasteiger partial charge in [-0.05, 0) is 36.2 Å². The van der Waals surface area contributed by atoms with Gasteiger partial charge in [0, 0.05) is 30.3 Å². The van der Waals surface area contributed by atoms with E-state index in [0.717, 1.165) is 0 Å². The van der Waals surface area contributed by atoms with Gasteiger partial charge in [-0.3, -0.25) is 24.5 Å². The van der Waals surface area contributed by atoms with Gasteiger partial charge in [-0.2, -0.15) is 0 Å². The van der Waals surface area contributed by atoms with Crippen molar-refractivity contribution in [2.45, 2.75) is 25.4 Å². The van der Waals surface area contributed by atoms with Gasteiger partial charge in [-0.15, -0.1) is 0 Å². The lowest BCUT2D eigenvalue weighted by molar-refractivity contribution is -0.136. The van der Waals surface area contributed by atoms with Gasteiger partial charge in [0.05, 0.1) is 5.69 Å². The fourth-order valence-corrected chi connectivity index (χ4v) is 3.34. The number of imide groups is 1. The number of benzene rings is 1. The second-order valence-electron chi connectivity index (χ2n) is 6.18. The molecule has 1 saturated heterocycles. The SMILES string of the molecule is O=C1CCC(N2Cc3cc(C(=O)c4ccc[nH]4)ccc3C2=O)C(=O)N1. The Kier molecular flexibility index (Phi) is 3.49. The number of rotatable bonds is 3. The summed E-state index contributed by atoms with van der Waals surface area (Å²) in [5.74, 6) is -1.16. The monoisotopic (exact) mass is 337 g/mol. The van der Waals surface area contributed by atoms with E-state index >= 15 is 0 Å². The lowest BCUT2D eigenvalue weighted by Crippen LogP contribution is -2.52. The first kappa shape index (κ1) is 15.3. The molecule has 1 aromatic heterocycles. The van der Waals surface area contributed by atoms with Crippen molar-refractivity contribution in [1.29, 1.82) is 0 Å². The number of hydrogen-bond acceptors (Lipinski definition) is 4. The van der Waals surface area contributed by atoms with Crippen LogP contribution in [0.4, 0.5) is 0 Å². The van der Waals surface area contributed by atoms with Crippen LogP contribution in [0.5, 0.6) is 0 Å². The van der Waals surface area contributed by atoms with Crippen LogP contribution < -0.4 is 5.32 Å². The summed E-state index contributed by atoms with van der Waals surface area (Å²) in [7, 11) is 0. The Labute approximate surface area is 143 Å². The third-order valence-electron chi connectivity index (χ3n) is 4.63. The highest BCUT2D eigenvalue weighted by Crippen LogP contribution is 2.28. The zero-order chi connectivity index (χ0) is 17.6. The summed E-state index contributed by atoms with van der Waals surface area (Å²) < 4.78 is 0. The van der Waals surface area contributed by atoms with Crippen LogP contribution in [0.2, 0.25) is 0 Å². The minimum absolute atomic E-state index is 0.153. The number of carbonyl (C=O) groups is 4. The number of amides is 3. The number of H-pyrrole nitrogens is 1. The Morgan fingerprint density at radius 2 is 2.00 bits per heavy atom. The molecule has 1 aromatic carbocycles. The molecule has 126 valence electrons. The van der Waals surface area contributed by atoms with Gasteiger partial charge in [0.2, 0.25) is 17.6 Å². The van der Waals surface area contributed by atoms with E-state index < -0.39 is 11.9 Å². The van der Waals surface area contributed by atoms with Crippen molar-refractivity contribution in [1.82, 2.24) is 15.2 Å². The maximum Gasteiger partial charge on any atom is 0.255 e. The quantitative estimate of drug-likeness (QED) is 0.645. The molecule has 0 radical (unpaired) electrons. The molecule has 2 N–H and O–H groups in total. The smallest absolute Gasteiger partial charge is 0.255 e. The molecule has 7 nitrogen and oxygen atoms in total. The summed E-state index contributed by atoms with van der Waals surface area (Å²) >= 11 is 0. The van der Waals surface area contributed by atoms with Gasteiger partial charge in [-0.25, -0.2) is 0 Å².